The van der Waals surface area contributed by atoms with Crippen LogP contribution < -0.4 is 5.32 Å². The Morgan fingerprint density at radius 2 is 2.11 bits per heavy atom. The van der Waals surface area contributed by atoms with Crippen LogP contribution in [0.15, 0.2) is 24.5 Å². The van der Waals surface area contributed by atoms with E-state index in [0.29, 0.717) is 12.0 Å². The molecule has 0 bridgehead atoms. The number of nitrogens with one attached hydrogen (secondary N) is 1. The minimum atomic E-state index is 0.586. The van der Waals surface area contributed by atoms with Gasteiger partial charge in [-0.1, -0.05) is 39.2 Å². The molecule has 1 aliphatic rings. The lowest BCUT2D eigenvalue weighted by molar-refractivity contribution is 0.362. The second kappa shape index (κ2) is 6.89. The van der Waals surface area contributed by atoms with E-state index in [9.17, 15) is 0 Å². The topological polar surface area (TPSA) is 24.9 Å². The summed E-state index contributed by atoms with van der Waals surface area (Å²) >= 11 is 0. The van der Waals surface area contributed by atoms with Gasteiger partial charge < -0.3 is 5.32 Å². The average Bonchev–Trinajstić information content (AvgIpc) is 2.62. The second-order valence-corrected chi connectivity index (χ2v) is 5.85. The van der Waals surface area contributed by atoms with Gasteiger partial charge in [0.05, 0.1) is 0 Å². The van der Waals surface area contributed by atoms with Gasteiger partial charge in [-0.25, -0.2) is 0 Å². The molecule has 1 heterocycles. The van der Waals surface area contributed by atoms with Gasteiger partial charge in [0, 0.05) is 18.4 Å². The van der Waals surface area contributed by atoms with Crippen LogP contribution in [0.2, 0.25) is 0 Å². The molecule has 2 heteroatoms. The lowest BCUT2D eigenvalue weighted by Crippen LogP contribution is -2.31. The molecular formula is C16H26N2. The quantitative estimate of drug-likeness (QED) is 0.819. The van der Waals surface area contributed by atoms with Crippen LogP contribution >= 0.6 is 0 Å². The third kappa shape index (κ3) is 3.81. The maximum atomic E-state index is 4.30. The van der Waals surface area contributed by atoms with Crippen molar-refractivity contribution in [3.8, 4) is 0 Å². The van der Waals surface area contributed by atoms with Crippen LogP contribution in [-0.4, -0.2) is 17.6 Å². The fourth-order valence-corrected chi connectivity index (χ4v) is 3.05. The van der Waals surface area contributed by atoms with Crippen LogP contribution in [-0.2, 0) is 0 Å². The van der Waals surface area contributed by atoms with Gasteiger partial charge in [0.15, 0.2) is 0 Å². The van der Waals surface area contributed by atoms with E-state index in [1.807, 2.05) is 6.20 Å². The van der Waals surface area contributed by atoms with Crippen LogP contribution in [0.4, 0.5) is 0 Å². The Bertz CT molecular complexity index is 334. The lowest BCUT2D eigenvalue weighted by Gasteiger charge is -2.26. The van der Waals surface area contributed by atoms with Gasteiger partial charge in [-0.3, -0.25) is 4.98 Å². The Morgan fingerprint density at radius 3 is 2.83 bits per heavy atom. The summed E-state index contributed by atoms with van der Waals surface area (Å²) in [5, 5.41) is 3.62. The van der Waals surface area contributed by atoms with Gasteiger partial charge >= 0.3 is 0 Å². The highest BCUT2D eigenvalue weighted by Crippen LogP contribution is 2.35. The molecule has 0 spiro atoms. The zero-order valence-electron chi connectivity index (χ0n) is 11.7. The molecule has 0 saturated heterocycles. The average molecular weight is 246 g/mol. The summed E-state index contributed by atoms with van der Waals surface area (Å²) < 4.78 is 0. The second-order valence-electron chi connectivity index (χ2n) is 5.85. The molecule has 0 amide bonds. The molecule has 1 N–H and O–H groups in total. The standard InChI is InChI=1S/C16H26N2/c1-13(2)18-12-15-7-4-3-5-9-16(15)14-8-6-10-17-11-14/h6,8,10-11,13,15-16,18H,3-5,7,9,12H2,1-2H3. The molecule has 100 valence electrons. The zero-order valence-corrected chi connectivity index (χ0v) is 11.7. The largest absolute Gasteiger partial charge is 0.314 e. The van der Waals surface area contributed by atoms with Gasteiger partial charge in [-0.15, -0.1) is 0 Å². The molecule has 2 atom stereocenters. The van der Waals surface area contributed by atoms with Crippen molar-refractivity contribution >= 4 is 0 Å². The van der Waals surface area contributed by atoms with E-state index in [0.717, 1.165) is 12.5 Å². The Hall–Kier alpha value is -0.890. The first-order valence-electron chi connectivity index (χ1n) is 7.40. The molecule has 0 aromatic carbocycles. The molecule has 0 radical (unpaired) electrons. The molecule has 1 saturated carbocycles. The van der Waals surface area contributed by atoms with E-state index >= 15 is 0 Å². The van der Waals surface area contributed by atoms with Crippen LogP contribution in [0.3, 0.4) is 0 Å². The first-order valence-corrected chi connectivity index (χ1v) is 7.40. The molecule has 1 aromatic rings. The minimum Gasteiger partial charge on any atom is -0.314 e. The van der Waals surface area contributed by atoms with Crippen molar-refractivity contribution in [2.24, 2.45) is 5.92 Å². The maximum absolute atomic E-state index is 4.30. The van der Waals surface area contributed by atoms with E-state index < -0.39 is 0 Å². The van der Waals surface area contributed by atoms with Crippen molar-refractivity contribution in [1.82, 2.24) is 10.3 Å². The molecule has 1 fully saturated rings. The van der Waals surface area contributed by atoms with E-state index in [1.165, 1.54) is 37.7 Å². The summed E-state index contributed by atoms with van der Waals surface area (Å²) in [6.07, 6.45) is 10.8. The first kappa shape index (κ1) is 13.5. The SMILES string of the molecule is CC(C)NCC1CCCCCC1c1cccnc1. The van der Waals surface area contributed by atoms with Gasteiger partial charge in [0.25, 0.3) is 0 Å². The van der Waals surface area contributed by atoms with Crippen molar-refractivity contribution in [2.75, 3.05) is 6.54 Å². The molecular weight excluding hydrogens is 220 g/mol. The zero-order chi connectivity index (χ0) is 12.8. The van der Waals surface area contributed by atoms with Gasteiger partial charge in [-0.2, -0.15) is 0 Å². The predicted octanol–water partition coefficient (Wildman–Crippen LogP) is 3.74. The number of nitrogens with zero attached hydrogens (tertiary/aromatic N) is 1. The monoisotopic (exact) mass is 246 g/mol. The lowest BCUT2D eigenvalue weighted by atomic mass is 9.83. The van der Waals surface area contributed by atoms with Crippen LogP contribution in [0.5, 0.6) is 0 Å². The molecule has 2 rings (SSSR count). The molecule has 1 aromatic heterocycles. The molecule has 2 unspecified atom stereocenters. The van der Waals surface area contributed by atoms with Crippen molar-refractivity contribution in [3.05, 3.63) is 30.1 Å². The van der Waals surface area contributed by atoms with Crippen molar-refractivity contribution in [2.45, 2.75) is 57.9 Å². The van der Waals surface area contributed by atoms with Crippen LogP contribution in [0.1, 0.15) is 57.4 Å². The summed E-state index contributed by atoms with van der Waals surface area (Å²) in [4.78, 5) is 4.30. The highest BCUT2D eigenvalue weighted by Gasteiger charge is 2.25. The molecule has 18 heavy (non-hydrogen) atoms. The van der Waals surface area contributed by atoms with Crippen LogP contribution in [0.25, 0.3) is 0 Å². The maximum Gasteiger partial charge on any atom is 0.0302 e. The molecule has 0 aliphatic heterocycles. The van der Waals surface area contributed by atoms with Crippen LogP contribution in [0, 0.1) is 5.92 Å². The molecule has 1 aliphatic carbocycles. The summed E-state index contributed by atoms with van der Waals surface area (Å²) in [5.41, 5.74) is 1.44. The normalized spacial score (nSPS) is 25.1. The summed E-state index contributed by atoms with van der Waals surface area (Å²) in [6, 6.07) is 4.92. The first-order chi connectivity index (χ1) is 8.77. The number of pyridine rings is 1. The third-order valence-electron chi connectivity index (χ3n) is 4.06. The van der Waals surface area contributed by atoms with Gasteiger partial charge in [-0.05, 0) is 42.9 Å². The Balaban J connectivity index is 2.07. The van der Waals surface area contributed by atoms with Crippen molar-refractivity contribution in [3.63, 3.8) is 0 Å². The fraction of sp³-hybridized carbons (Fsp3) is 0.688. The Morgan fingerprint density at radius 1 is 1.28 bits per heavy atom. The highest BCUT2D eigenvalue weighted by atomic mass is 14.9. The summed E-state index contributed by atoms with van der Waals surface area (Å²) in [5.74, 6) is 1.48. The number of rotatable bonds is 4. The Kier molecular flexibility index (Phi) is 5.18. The number of hydrogen-bond donors (Lipinski definition) is 1. The summed E-state index contributed by atoms with van der Waals surface area (Å²) in [7, 11) is 0. The van der Waals surface area contributed by atoms with Crippen molar-refractivity contribution in [1.29, 1.82) is 0 Å². The van der Waals surface area contributed by atoms with E-state index in [1.54, 1.807) is 0 Å². The highest BCUT2D eigenvalue weighted by molar-refractivity contribution is 5.16. The van der Waals surface area contributed by atoms with E-state index in [2.05, 4.69) is 42.5 Å². The van der Waals surface area contributed by atoms with E-state index in [-0.39, 0.29) is 0 Å². The van der Waals surface area contributed by atoms with Crippen molar-refractivity contribution < 1.29 is 0 Å². The van der Waals surface area contributed by atoms with E-state index in [4.69, 9.17) is 0 Å². The third-order valence-corrected chi connectivity index (χ3v) is 4.06. The fourth-order valence-electron chi connectivity index (χ4n) is 3.05. The number of aromatic nitrogens is 1. The van der Waals surface area contributed by atoms with Gasteiger partial charge in [0.1, 0.15) is 0 Å². The van der Waals surface area contributed by atoms with Gasteiger partial charge in [0.2, 0.25) is 0 Å². The molecule has 2 nitrogen and oxygen atoms in total. The summed E-state index contributed by atoms with van der Waals surface area (Å²) in [6.45, 7) is 5.61. The smallest absolute Gasteiger partial charge is 0.0302 e. The Labute approximate surface area is 111 Å². The number of hydrogen-bond acceptors (Lipinski definition) is 2. The minimum absolute atomic E-state index is 0.586. The predicted molar refractivity (Wildman–Crippen MR) is 76.7 cm³/mol.